The topological polar surface area (TPSA) is 69.6 Å². The van der Waals surface area contributed by atoms with E-state index in [4.69, 9.17) is 5.73 Å². The molecule has 7 heteroatoms. The van der Waals surface area contributed by atoms with Crippen LogP contribution in [0.3, 0.4) is 0 Å². The van der Waals surface area contributed by atoms with Crippen LogP contribution in [0.25, 0.3) is 21.3 Å². The highest BCUT2D eigenvalue weighted by Crippen LogP contribution is 2.36. The van der Waals surface area contributed by atoms with Gasteiger partial charge in [-0.3, -0.25) is 0 Å². The minimum Gasteiger partial charge on any atom is -0.380 e. The summed E-state index contributed by atoms with van der Waals surface area (Å²) in [6.45, 7) is 0. The third-order valence-electron chi connectivity index (χ3n) is 2.51. The normalized spacial score (nSPS) is 11.6. The van der Waals surface area contributed by atoms with E-state index in [0.717, 1.165) is 25.6 Å². The van der Waals surface area contributed by atoms with Crippen LogP contribution in [0.1, 0.15) is 0 Å². The summed E-state index contributed by atoms with van der Waals surface area (Å²) >= 11 is 3.31. The summed E-state index contributed by atoms with van der Waals surface area (Å²) in [5, 5.41) is 8.79. The van der Waals surface area contributed by atoms with E-state index in [-0.39, 0.29) is 0 Å². The quantitative estimate of drug-likeness (QED) is 0.669. The van der Waals surface area contributed by atoms with Crippen molar-refractivity contribution in [1.29, 1.82) is 0 Å². The molecule has 3 aromatic rings. The first-order valence-corrected chi connectivity index (χ1v) is 6.66. The zero-order chi connectivity index (χ0) is 11.3. The average molecular weight is 251 g/mol. The molecule has 3 heterocycles. The number of fused-ring (bicyclic) bond motifs is 3. The Morgan fingerprint density at radius 3 is 3.06 bits per heavy atom. The van der Waals surface area contributed by atoms with Crippen molar-refractivity contribution in [1.82, 2.24) is 19.7 Å². The molecule has 0 spiro atoms. The number of hydrogen-bond acceptors (Lipinski definition) is 6. The Hall–Kier alpha value is -1.34. The Labute approximate surface area is 99.7 Å². The molecule has 2 N–H and O–H groups in total. The van der Waals surface area contributed by atoms with Crippen molar-refractivity contribution in [3.05, 3.63) is 6.20 Å². The van der Waals surface area contributed by atoms with E-state index in [0.29, 0.717) is 5.82 Å². The molecular formula is C9H9N5S2. The van der Waals surface area contributed by atoms with Crippen LogP contribution in [0.4, 0.5) is 5.82 Å². The molecule has 0 radical (unpaired) electrons. The Balaban J connectivity index is 2.53. The van der Waals surface area contributed by atoms with E-state index in [1.54, 1.807) is 29.3 Å². The van der Waals surface area contributed by atoms with Crippen LogP contribution in [-0.2, 0) is 7.05 Å². The van der Waals surface area contributed by atoms with E-state index in [1.165, 1.54) is 0 Å². The lowest BCUT2D eigenvalue weighted by Gasteiger charge is -1.98. The zero-order valence-electron chi connectivity index (χ0n) is 8.76. The molecule has 0 aliphatic heterocycles. The third kappa shape index (κ3) is 1.15. The summed E-state index contributed by atoms with van der Waals surface area (Å²) in [7, 11) is 1.95. The van der Waals surface area contributed by atoms with E-state index >= 15 is 0 Å². The van der Waals surface area contributed by atoms with Crippen LogP contribution in [0.2, 0.25) is 0 Å². The van der Waals surface area contributed by atoms with Gasteiger partial charge in [0.1, 0.15) is 0 Å². The Morgan fingerprint density at radius 2 is 2.31 bits per heavy atom. The molecule has 0 unspecified atom stereocenters. The van der Waals surface area contributed by atoms with Gasteiger partial charge < -0.3 is 10.3 Å². The van der Waals surface area contributed by atoms with E-state index in [2.05, 4.69) is 15.2 Å². The van der Waals surface area contributed by atoms with Gasteiger partial charge in [-0.05, 0) is 6.26 Å². The van der Waals surface area contributed by atoms with E-state index in [9.17, 15) is 0 Å². The van der Waals surface area contributed by atoms with Crippen molar-refractivity contribution >= 4 is 50.2 Å². The van der Waals surface area contributed by atoms with Gasteiger partial charge in [-0.2, -0.15) is 5.10 Å². The van der Waals surface area contributed by atoms with Crippen molar-refractivity contribution in [2.75, 3.05) is 12.0 Å². The first kappa shape index (κ1) is 9.86. The Kier molecular flexibility index (Phi) is 2.05. The first-order valence-electron chi connectivity index (χ1n) is 4.62. The molecule has 0 aliphatic rings. The second-order valence-electron chi connectivity index (χ2n) is 3.39. The molecule has 82 valence electrons. The van der Waals surface area contributed by atoms with Gasteiger partial charge in [0.05, 0.1) is 16.4 Å². The number of hydrogen-bond donors (Lipinski definition) is 1. The molecule has 0 aromatic carbocycles. The number of thioether (sulfide) groups is 1. The lowest BCUT2D eigenvalue weighted by Crippen LogP contribution is -1.97. The lowest BCUT2D eigenvalue weighted by atomic mass is 10.3. The number of nitrogens with two attached hydrogens (primary N) is 1. The van der Waals surface area contributed by atoms with Gasteiger partial charge in [-0.1, -0.05) is 11.8 Å². The molecule has 0 bridgehead atoms. The Morgan fingerprint density at radius 1 is 1.50 bits per heavy atom. The highest BCUT2D eigenvalue weighted by Gasteiger charge is 2.15. The fourth-order valence-electron chi connectivity index (χ4n) is 1.80. The van der Waals surface area contributed by atoms with Crippen LogP contribution in [-0.4, -0.2) is 26.0 Å². The molecule has 0 atom stereocenters. The van der Waals surface area contributed by atoms with Gasteiger partial charge in [0, 0.05) is 12.4 Å². The molecular weight excluding hydrogens is 242 g/mol. The molecule has 0 saturated carbocycles. The summed E-state index contributed by atoms with van der Waals surface area (Å²) in [6.07, 6.45) is 3.77. The van der Waals surface area contributed by atoms with E-state index < -0.39 is 0 Å². The monoisotopic (exact) mass is 251 g/mol. The molecule has 0 fully saturated rings. The number of aromatic nitrogens is 4. The van der Waals surface area contributed by atoms with Crippen molar-refractivity contribution in [3.8, 4) is 0 Å². The SMILES string of the molecule is CSc1nc2c(s1)c1cnnc(N)c1n2C. The van der Waals surface area contributed by atoms with Gasteiger partial charge in [-0.15, -0.1) is 16.4 Å². The predicted octanol–water partition coefficient (Wildman–Crippen LogP) is 1.88. The second kappa shape index (κ2) is 3.33. The molecule has 0 amide bonds. The summed E-state index contributed by atoms with van der Waals surface area (Å²) in [5.74, 6) is 0.455. The highest BCUT2D eigenvalue weighted by atomic mass is 32.2. The number of anilines is 1. The number of rotatable bonds is 1. The van der Waals surface area contributed by atoms with Crippen LogP contribution in [0, 0.1) is 0 Å². The van der Waals surface area contributed by atoms with Crippen LogP contribution < -0.4 is 5.73 Å². The molecule has 3 rings (SSSR count). The minimum absolute atomic E-state index is 0.455. The van der Waals surface area contributed by atoms with Crippen molar-refractivity contribution in [3.63, 3.8) is 0 Å². The zero-order valence-corrected chi connectivity index (χ0v) is 10.4. The predicted molar refractivity (Wildman–Crippen MR) is 67.9 cm³/mol. The number of nitrogen functional groups attached to an aromatic ring is 1. The summed E-state index contributed by atoms with van der Waals surface area (Å²) in [5.41, 5.74) is 7.69. The van der Waals surface area contributed by atoms with Crippen LogP contribution in [0.15, 0.2) is 10.5 Å². The van der Waals surface area contributed by atoms with Gasteiger partial charge >= 0.3 is 0 Å². The highest BCUT2D eigenvalue weighted by molar-refractivity contribution is 8.00. The largest absolute Gasteiger partial charge is 0.380 e. The number of aryl methyl sites for hydroxylation is 1. The summed E-state index contributed by atoms with van der Waals surface area (Å²) < 4.78 is 4.16. The fraction of sp³-hybridized carbons (Fsp3) is 0.222. The number of nitrogens with zero attached hydrogens (tertiary/aromatic N) is 4. The van der Waals surface area contributed by atoms with Crippen LogP contribution >= 0.6 is 23.1 Å². The first-order chi connectivity index (χ1) is 7.72. The van der Waals surface area contributed by atoms with Gasteiger partial charge in [0.15, 0.2) is 15.8 Å². The third-order valence-corrected chi connectivity index (χ3v) is 4.58. The average Bonchev–Trinajstić information content (AvgIpc) is 2.80. The van der Waals surface area contributed by atoms with Gasteiger partial charge in [-0.25, -0.2) is 4.98 Å². The fourth-order valence-corrected chi connectivity index (χ4v) is 3.40. The van der Waals surface area contributed by atoms with Crippen molar-refractivity contribution < 1.29 is 0 Å². The van der Waals surface area contributed by atoms with E-state index in [1.807, 2.05) is 17.9 Å². The van der Waals surface area contributed by atoms with Crippen molar-refractivity contribution in [2.24, 2.45) is 7.05 Å². The number of thiazole rings is 1. The molecule has 0 saturated heterocycles. The molecule has 0 aliphatic carbocycles. The minimum atomic E-state index is 0.455. The summed E-state index contributed by atoms with van der Waals surface area (Å²) in [6, 6.07) is 0. The standard InChI is InChI=1S/C9H9N5S2/c1-14-5-4(3-11-13-7(5)10)6-8(14)12-9(15-2)16-6/h3H,1-2H3,(H2,10,13). The summed E-state index contributed by atoms with van der Waals surface area (Å²) in [4.78, 5) is 4.54. The second-order valence-corrected chi connectivity index (χ2v) is 5.44. The maximum atomic E-state index is 5.83. The van der Waals surface area contributed by atoms with Gasteiger partial charge in [0.25, 0.3) is 0 Å². The molecule has 5 nitrogen and oxygen atoms in total. The smallest absolute Gasteiger partial charge is 0.170 e. The maximum Gasteiger partial charge on any atom is 0.170 e. The Bertz CT molecular complexity index is 684. The lowest BCUT2D eigenvalue weighted by molar-refractivity contribution is 0.969. The van der Waals surface area contributed by atoms with Crippen LogP contribution in [0.5, 0.6) is 0 Å². The molecule has 16 heavy (non-hydrogen) atoms. The van der Waals surface area contributed by atoms with Crippen molar-refractivity contribution in [2.45, 2.75) is 4.34 Å². The molecule has 3 aromatic heterocycles. The maximum absolute atomic E-state index is 5.83. The van der Waals surface area contributed by atoms with Gasteiger partial charge in [0.2, 0.25) is 0 Å².